The van der Waals surface area contributed by atoms with E-state index >= 15 is 0 Å². The lowest BCUT2D eigenvalue weighted by atomic mass is 9.89. The van der Waals surface area contributed by atoms with Crippen molar-refractivity contribution in [3.8, 4) is 11.5 Å². The van der Waals surface area contributed by atoms with Crippen LogP contribution in [0.25, 0.3) is 10.9 Å². The number of methoxy groups -OCH3 is 1. The highest BCUT2D eigenvalue weighted by Crippen LogP contribution is 2.39. The van der Waals surface area contributed by atoms with Gasteiger partial charge in [-0.3, -0.25) is 9.59 Å². The first-order chi connectivity index (χ1) is 13.6. The van der Waals surface area contributed by atoms with E-state index in [9.17, 15) is 9.59 Å². The van der Waals surface area contributed by atoms with Gasteiger partial charge in [0.1, 0.15) is 22.8 Å². The Morgan fingerprint density at radius 2 is 2.07 bits per heavy atom. The third kappa shape index (κ3) is 2.64. The molecular weight excluding hydrogens is 356 g/mol. The van der Waals surface area contributed by atoms with Crippen molar-refractivity contribution >= 4 is 22.6 Å². The van der Waals surface area contributed by atoms with Crippen LogP contribution in [0.5, 0.6) is 11.5 Å². The molecule has 2 aliphatic rings. The van der Waals surface area contributed by atoms with Crippen molar-refractivity contribution < 1.29 is 19.1 Å². The Labute approximate surface area is 162 Å². The first-order valence-electron chi connectivity index (χ1n) is 9.34. The number of ketones is 1. The number of amides is 1. The third-order valence-corrected chi connectivity index (χ3v) is 5.66. The Morgan fingerprint density at radius 3 is 2.93 bits per heavy atom. The molecule has 0 radical (unpaired) electrons. The van der Waals surface area contributed by atoms with Crippen LogP contribution < -0.4 is 9.47 Å². The zero-order chi connectivity index (χ0) is 19.3. The van der Waals surface area contributed by atoms with Gasteiger partial charge in [-0.05, 0) is 36.4 Å². The summed E-state index contributed by atoms with van der Waals surface area (Å²) in [7, 11) is 1.62. The van der Waals surface area contributed by atoms with E-state index in [4.69, 9.17) is 9.47 Å². The van der Waals surface area contributed by atoms with Crippen LogP contribution in [-0.4, -0.2) is 47.4 Å². The van der Waals surface area contributed by atoms with Crippen LogP contribution in [0.2, 0.25) is 0 Å². The SMILES string of the molecule is COc1ccc2[nH]c(C(=O)N3CCC4(CC(=O)c5ccccc5O4)C3)cc2c1. The van der Waals surface area contributed by atoms with Gasteiger partial charge in [0, 0.05) is 23.9 Å². The topological polar surface area (TPSA) is 71.6 Å². The van der Waals surface area contributed by atoms with E-state index in [1.807, 2.05) is 42.5 Å². The Hall–Kier alpha value is -3.28. The molecule has 1 unspecified atom stereocenters. The summed E-state index contributed by atoms with van der Waals surface area (Å²) in [5, 5.41) is 0.926. The van der Waals surface area contributed by atoms with Crippen molar-refractivity contribution in [3.63, 3.8) is 0 Å². The average Bonchev–Trinajstić information content (AvgIpc) is 3.31. The normalized spacial score (nSPS) is 21.0. The number of hydrogen-bond donors (Lipinski definition) is 1. The standard InChI is InChI=1S/C22H20N2O4/c1-27-15-6-7-17-14(10-15)11-18(23-17)21(26)24-9-8-22(13-24)12-19(25)16-4-2-3-5-20(16)28-22/h2-7,10-11,23H,8-9,12-13H2,1H3. The highest BCUT2D eigenvalue weighted by molar-refractivity contribution is 6.01. The molecule has 3 heterocycles. The number of likely N-dealkylation sites (tertiary alicyclic amines) is 1. The molecule has 1 amide bonds. The number of carbonyl (C=O) groups excluding carboxylic acids is 2. The zero-order valence-corrected chi connectivity index (χ0v) is 15.5. The van der Waals surface area contributed by atoms with Crippen molar-refractivity contribution in [1.29, 1.82) is 0 Å². The minimum atomic E-state index is -0.629. The van der Waals surface area contributed by atoms with Gasteiger partial charge in [0.2, 0.25) is 0 Å². The van der Waals surface area contributed by atoms with E-state index in [0.29, 0.717) is 42.9 Å². The summed E-state index contributed by atoms with van der Waals surface area (Å²) in [6.07, 6.45) is 0.949. The van der Waals surface area contributed by atoms with Crippen molar-refractivity contribution in [3.05, 3.63) is 59.8 Å². The number of para-hydroxylation sites is 1. The number of nitrogens with zero attached hydrogens (tertiary/aromatic N) is 1. The summed E-state index contributed by atoms with van der Waals surface area (Å²) in [6, 6.07) is 14.8. The van der Waals surface area contributed by atoms with Gasteiger partial charge in [-0.25, -0.2) is 0 Å². The number of benzene rings is 2. The van der Waals surface area contributed by atoms with Crippen molar-refractivity contribution in [1.82, 2.24) is 9.88 Å². The fourth-order valence-electron chi connectivity index (χ4n) is 4.21. The molecule has 2 aromatic carbocycles. The van der Waals surface area contributed by atoms with Gasteiger partial charge in [0.05, 0.1) is 25.6 Å². The van der Waals surface area contributed by atoms with E-state index in [1.54, 1.807) is 18.1 Å². The van der Waals surface area contributed by atoms with Crippen LogP contribution in [-0.2, 0) is 0 Å². The zero-order valence-electron chi connectivity index (χ0n) is 15.5. The highest BCUT2D eigenvalue weighted by atomic mass is 16.5. The number of aromatic amines is 1. The summed E-state index contributed by atoms with van der Waals surface area (Å²) in [5.74, 6) is 1.36. The Balaban J connectivity index is 1.39. The maximum atomic E-state index is 13.0. The Kier molecular flexibility index (Phi) is 3.69. The van der Waals surface area contributed by atoms with Crippen LogP contribution in [0.3, 0.4) is 0 Å². The number of Topliss-reactive ketones (excluding diaryl/α,β-unsaturated/α-hetero) is 1. The first-order valence-corrected chi connectivity index (χ1v) is 9.34. The van der Waals surface area contributed by atoms with Crippen LogP contribution in [0.15, 0.2) is 48.5 Å². The van der Waals surface area contributed by atoms with E-state index in [-0.39, 0.29) is 11.7 Å². The van der Waals surface area contributed by atoms with Gasteiger partial charge in [-0.1, -0.05) is 12.1 Å². The van der Waals surface area contributed by atoms with Crippen LogP contribution >= 0.6 is 0 Å². The van der Waals surface area contributed by atoms with E-state index in [2.05, 4.69) is 4.98 Å². The average molecular weight is 376 g/mol. The first kappa shape index (κ1) is 16.9. The number of ether oxygens (including phenoxy) is 2. The molecule has 1 spiro atoms. The minimum Gasteiger partial charge on any atom is -0.497 e. The van der Waals surface area contributed by atoms with Crippen LogP contribution in [0, 0.1) is 0 Å². The van der Waals surface area contributed by atoms with Gasteiger partial charge in [-0.15, -0.1) is 0 Å². The predicted molar refractivity (Wildman–Crippen MR) is 104 cm³/mol. The molecule has 1 aromatic heterocycles. The van der Waals surface area contributed by atoms with Crippen LogP contribution in [0.4, 0.5) is 0 Å². The summed E-state index contributed by atoms with van der Waals surface area (Å²) >= 11 is 0. The van der Waals surface area contributed by atoms with Gasteiger partial charge in [0.15, 0.2) is 5.78 Å². The summed E-state index contributed by atoms with van der Waals surface area (Å²) in [4.78, 5) is 30.6. The molecular formula is C22H20N2O4. The molecule has 6 nitrogen and oxygen atoms in total. The maximum Gasteiger partial charge on any atom is 0.270 e. The fourth-order valence-corrected chi connectivity index (χ4v) is 4.21. The van der Waals surface area contributed by atoms with Gasteiger partial charge in [-0.2, -0.15) is 0 Å². The lowest BCUT2D eigenvalue weighted by Crippen LogP contribution is -2.45. The Morgan fingerprint density at radius 1 is 1.21 bits per heavy atom. The monoisotopic (exact) mass is 376 g/mol. The molecule has 3 aromatic rings. The molecule has 5 rings (SSSR count). The second-order valence-electron chi connectivity index (χ2n) is 7.49. The molecule has 1 saturated heterocycles. The number of fused-ring (bicyclic) bond motifs is 2. The molecule has 1 N–H and O–H groups in total. The second kappa shape index (κ2) is 6.12. The van der Waals surface area contributed by atoms with Gasteiger partial charge in [0.25, 0.3) is 5.91 Å². The number of rotatable bonds is 2. The number of hydrogen-bond acceptors (Lipinski definition) is 4. The fraction of sp³-hybridized carbons (Fsp3) is 0.273. The molecule has 2 aliphatic heterocycles. The highest BCUT2D eigenvalue weighted by Gasteiger charge is 2.47. The molecule has 0 aliphatic carbocycles. The number of carbonyl (C=O) groups is 2. The van der Waals surface area contributed by atoms with Gasteiger partial charge >= 0.3 is 0 Å². The van der Waals surface area contributed by atoms with E-state index in [0.717, 1.165) is 16.7 Å². The molecule has 0 saturated carbocycles. The lowest BCUT2D eigenvalue weighted by Gasteiger charge is -2.34. The lowest BCUT2D eigenvalue weighted by molar-refractivity contribution is 0.0427. The largest absolute Gasteiger partial charge is 0.497 e. The second-order valence-corrected chi connectivity index (χ2v) is 7.49. The number of aromatic nitrogens is 1. The van der Waals surface area contributed by atoms with E-state index in [1.165, 1.54) is 0 Å². The Bertz CT molecular complexity index is 1100. The maximum absolute atomic E-state index is 13.0. The summed E-state index contributed by atoms with van der Waals surface area (Å²) < 4.78 is 11.5. The third-order valence-electron chi connectivity index (χ3n) is 5.66. The van der Waals surface area contributed by atoms with Crippen molar-refractivity contribution in [2.75, 3.05) is 20.2 Å². The summed E-state index contributed by atoms with van der Waals surface area (Å²) in [5.41, 5.74) is 1.41. The quantitative estimate of drug-likeness (QED) is 0.744. The molecule has 1 fully saturated rings. The van der Waals surface area contributed by atoms with Crippen LogP contribution in [0.1, 0.15) is 33.7 Å². The predicted octanol–water partition coefficient (Wildman–Crippen LogP) is 3.43. The molecule has 142 valence electrons. The molecule has 0 bridgehead atoms. The molecule has 6 heteroatoms. The minimum absolute atomic E-state index is 0.0776. The van der Waals surface area contributed by atoms with Crippen molar-refractivity contribution in [2.24, 2.45) is 0 Å². The molecule has 28 heavy (non-hydrogen) atoms. The van der Waals surface area contributed by atoms with Gasteiger partial charge < -0.3 is 19.4 Å². The van der Waals surface area contributed by atoms with E-state index < -0.39 is 5.60 Å². The number of H-pyrrole nitrogens is 1. The summed E-state index contributed by atoms with van der Waals surface area (Å²) in [6.45, 7) is 0.970. The number of nitrogens with one attached hydrogen (secondary N) is 1. The smallest absolute Gasteiger partial charge is 0.270 e. The molecule has 1 atom stereocenters. The van der Waals surface area contributed by atoms with Crippen molar-refractivity contribution in [2.45, 2.75) is 18.4 Å².